The maximum absolute atomic E-state index is 13.7. The van der Waals surface area contributed by atoms with Gasteiger partial charge in [-0.2, -0.15) is 0 Å². The highest BCUT2D eigenvalue weighted by atomic mass is 79.9. The van der Waals surface area contributed by atoms with Gasteiger partial charge in [0.2, 0.25) is 0 Å². The van der Waals surface area contributed by atoms with E-state index in [2.05, 4.69) is 21.2 Å². The number of benzene rings is 1. The van der Waals surface area contributed by atoms with E-state index in [1.54, 1.807) is 0 Å². The fraction of sp³-hybridized carbons (Fsp3) is 0.538. The number of halogens is 3. The van der Waals surface area contributed by atoms with Gasteiger partial charge in [-0.05, 0) is 53.4 Å². The second kappa shape index (κ2) is 6.59. The first-order chi connectivity index (χ1) is 8.68. The molecule has 18 heavy (non-hydrogen) atoms. The molecule has 1 aromatic rings. The molecule has 0 radical (unpaired) electrons. The van der Waals surface area contributed by atoms with E-state index in [4.69, 9.17) is 4.74 Å². The molecule has 0 spiro atoms. The van der Waals surface area contributed by atoms with Gasteiger partial charge in [-0.3, -0.25) is 0 Å². The Hall–Kier alpha value is -0.520. The molecule has 2 nitrogen and oxygen atoms in total. The lowest BCUT2D eigenvalue weighted by Gasteiger charge is -2.22. The van der Waals surface area contributed by atoms with Crippen LogP contribution in [0.2, 0.25) is 0 Å². The number of hydrogen-bond acceptors (Lipinski definition) is 2. The summed E-state index contributed by atoms with van der Waals surface area (Å²) in [6.45, 7) is 2.56. The maximum atomic E-state index is 13.7. The van der Waals surface area contributed by atoms with Crippen molar-refractivity contribution < 1.29 is 13.5 Å². The third-order valence-electron chi connectivity index (χ3n) is 3.21. The van der Waals surface area contributed by atoms with Crippen molar-refractivity contribution in [3.63, 3.8) is 0 Å². The second-order valence-electron chi connectivity index (χ2n) is 4.51. The van der Waals surface area contributed by atoms with E-state index >= 15 is 0 Å². The molecule has 0 amide bonds. The summed E-state index contributed by atoms with van der Waals surface area (Å²) in [5, 5.41) is 3.12. The van der Waals surface area contributed by atoms with Crippen molar-refractivity contribution in [1.82, 2.24) is 5.32 Å². The van der Waals surface area contributed by atoms with Crippen molar-refractivity contribution in [2.24, 2.45) is 5.92 Å². The lowest BCUT2D eigenvalue weighted by atomic mass is 10.0. The van der Waals surface area contributed by atoms with Crippen LogP contribution in [-0.2, 0) is 11.3 Å². The van der Waals surface area contributed by atoms with Crippen molar-refractivity contribution in [2.45, 2.75) is 19.4 Å². The van der Waals surface area contributed by atoms with E-state index < -0.39 is 11.6 Å². The summed E-state index contributed by atoms with van der Waals surface area (Å²) in [4.78, 5) is 0. The quantitative estimate of drug-likeness (QED) is 0.860. The van der Waals surface area contributed by atoms with Crippen LogP contribution in [0.3, 0.4) is 0 Å². The highest BCUT2D eigenvalue weighted by molar-refractivity contribution is 9.10. The average molecular weight is 320 g/mol. The molecule has 0 atom stereocenters. The summed E-state index contributed by atoms with van der Waals surface area (Å²) in [6.07, 6.45) is 2.02. The van der Waals surface area contributed by atoms with Gasteiger partial charge in [0.1, 0.15) is 11.6 Å². The summed E-state index contributed by atoms with van der Waals surface area (Å²) < 4.78 is 32.7. The Balaban J connectivity index is 1.88. The Kier molecular flexibility index (Phi) is 5.09. The minimum Gasteiger partial charge on any atom is -0.381 e. The van der Waals surface area contributed by atoms with Crippen LogP contribution >= 0.6 is 15.9 Å². The van der Waals surface area contributed by atoms with Crippen LogP contribution in [0.25, 0.3) is 0 Å². The Morgan fingerprint density at radius 1 is 1.28 bits per heavy atom. The SMILES string of the molecule is Fc1ccc(Br)c(F)c1CNCC1CCOCC1. The van der Waals surface area contributed by atoms with Gasteiger partial charge in [0, 0.05) is 25.3 Å². The first kappa shape index (κ1) is 13.9. The normalized spacial score (nSPS) is 17.1. The van der Waals surface area contributed by atoms with Gasteiger partial charge >= 0.3 is 0 Å². The molecular weight excluding hydrogens is 304 g/mol. The average Bonchev–Trinajstić information content (AvgIpc) is 2.39. The standard InChI is InChI=1S/C13H16BrF2NO/c14-11-1-2-12(15)10(13(11)16)8-17-7-9-3-5-18-6-4-9/h1-2,9,17H,3-8H2. The molecule has 0 bridgehead atoms. The highest BCUT2D eigenvalue weighted by Crippen LogP contribution is 2.21. The van der Waals surface area contributed by atoms with Crippen molar-refractivity contribution in [3.8, 4) is 0 Å². The Labute approximate surface area is 114 Å². The minimum atomic E-state index is -0.519. The van der Waals surface area contributed by atoms with Gasteiger partial charge in [0.25, 0.3) is 0 Å². The van der Waals surface area contributed by atoms with Crippen molar-refractivity contribution >= 4 is 15.9 Å². The number of nitrogens with one attached hydrogen (secondary N) is 1. The minimum absolute atomic E-state index is 0.0939. The van der Waals surface area contributed by atoms with Gasteiger partial charge in [0.15, 0.2) is 0 Å². The molecular formula is C13H16BrF2NO. The molecule has 1 aliphatic rings. The predicted octanol–water partition coefficient (Wildman–Crippen LogP) is 3.24. The fourth-order valence-corrected chi connectivity index (χ4v) is 2.45. The first-order valence-corrected chi connectivity index (χ1v) is 6.88. The lowest BCUT2D eigenvalue weighted by Crippen LogP contribution is -2.28. The van der Waals surface area contributed by atoms with Gasteiger partial charge in [-0.1, -0.05) is 0 Å². The Morgan fingerprint density at radius 2 is 2.00 bits per heavy atom. The molecule has 2 rings (SSSR count). The summed E-state index contributed by atoms with van der Waals surface area (Å²) in [6, 6.07) is 2.66. The molecule has 0 saturated carbocycles. The van der Waals surface area contributed by atoms with Gasteiger partial charge in [-0.15, -0.1) is 0 Å². The second-order valence-corrected chi connectivity index (χ2v) is 5.36. The molecule has 1 saturated heterocycles. The Bertz CT molecular complexity index is 408. The molecule has 1 aliphatic heterocycles. The van der Waals surface area contributed by atoms with E-state index in [1.807, 2.05) is 0 Å². The van der Waals surface area contributed by atoms with E-state index in [0.29, 0.717) is 10.4 Å². The monoisotopic (exact) mass is 319 g/mol. The molecule has 1 heterocycles. The predicted molar refractivity (Wildman–Crippen MR) is 69.3 cm³/mol. The zero-order valence-corrected chi connectivity index (χ0v) is 11.6. The third-order valence-corrected chi connectivity index (χ3v) is 3.83. The van der Waals surface area contributed by atoms with Gasteiger partial charge in [0.05, 0.1) is 4.47 Å². The van der Waals surface area contributed by atoms with Gasteiger partial charge in [-0.25, -0.2) is 8.78 Å². The number of ether oxygens (including phenoxy) is 1. The number of hydrogen-bond donors (Lipinski definition) is 1. The molecule has 0 aromatic heterocycles. The zero-order chi connectivity index (χ0) is 13.0. The summed E-state index contributed by atoms with van der Waals surface area (Å²) >= 11 is 3.06. The van der Waals surface area contributed by atoms with Crippen molar-refractivity contribution in [2.75, 3.05) is 19.8 Å². The first-order valence-electron chi connectivity index (χ1n) is 6.09. The zero-order valence-electron chi connectivity index (χ0n) is 10.0. The molecule has 5 heteroatoms. The molecule has 1 fully saturated rings. The molecule has 1 N–H and O–H groups in total. The van der Waals surface area contributed by atoms with Crippen LogP contribution in [0.1, 0.15) is 18.4 Å². The topological polar surface area (TPSA) is 21.3 Å². The van der Waals surface area contributed by atoms with Crippen LogP contribution < -0.4 is 5.32 Å². The van der Waals surface area contributed by atoms with Crippen LogP contribution in [0.15, 0.2) is 16.6 Å². The summed E-state index contributed by atoms with van der Waals surface area (Å²) in [7, 11) is 0. The summed E-state index contributed by atoms with van der Waals surface area (Å²) in [5.74, 6) is -0.485. The molecule has 1 aromatic carbocycles. The maximum Gasteiger partial charge on any atom is 0.144 e. The largest absolute Gasteiger partial charge is 0.381 e. The fourth-order valence-electron chi connectivity index (χ4n) is 2.08. The van der Waals surface area contributed by atoms with Crippen LogP contribution in [0.4, 0.5) is 8.78 Å². The number of rotatable bonds is 4. The molecule has 0 unspecified atom stereocenters. The third kappa shape index (κ3) is 3.49. The van der Waals surface area contributed by atoms with Crippen LogP contribution in [0, 0.1) is 17.6 Å². The Morgan fingerprint density at radius 3 is 2.72 bits per heavy atom. The molecule has 0 aliphatic carbocycles. The van der Waals surface area contributed by atoms with E-state index in [1.165, 1.54) is 12.1 Å². The van der Waals surface area contributed by atoms with Crippen LogP contribution in [-0.4, -0.2) is 19.8 Å². The highest BCUT2D eigenvalue weighted by Gasteiger charge is 2.15. The van der Waals surface area contributed by atoms with E-state index in [9.17, 15) is 8.78 Å². The van der Waals surface area contributed by atoms with Gasteiger partial charge < -0.3 is 10.1 Å². The van der Waals surface area contributed by atoms with Crippen LogP contribution in [0.5, 0.6) is 0 Å². The van der Waals surface area contributed by atoms with Crippen molar-refractivity contribution in [1.29, 1.82) is 0 Å². The smallest absolute Gasteiger partial charge is 0.144 e. The summed E-state index contributed by atoms with van der Waals surface area (Å²) in [5.41, 5.74) is 0.0939. The van der Waals surface area contributed by atoms with Crippen molar-refractivity contribution in [3.05, 3.63) is 33.8 Å². The van der Waals surface area contributed by atoms with E-state index in [0.717, 1.165) is 32.6 Å². The van der Waals surface area contributed by atoms with E-state index in [-0.39, 0.29) is 12.1 Å². The molecule has 100 valence electrons. The lowest BCUT2D eigenvalue weighted by molar-refractivity contribution is 0.0662.